The molecule has 0 saturated carbocycles. The van der Waals surface area contributed by atoms with Gasteiger partial charge in [0.2, 0.25) is 0 Å². The summed E-state index contributed by atoms with van der Waals surface area (Å²) >= 11 is 0. The maximum atomic E-state index is 12.0. The molecule has 1 aromatic carbocycles. The van der Waals surface area contributed by atoms with Gasteiger partial charge < -0.3 is 0 Å². The number of Topliss-reactive ketones (excluding diaryl/α,β-unsaturated/α-hetero) is 1. The number of ketones is 1. The highest BCUT2D eigenvalue weighted by atomic mass is 16.1. The first-order chi connectivity index (χ1) is 6.97. The fourth-order valence-electron chi connectivity index (χ4n) is 1.55. The number of allylic oxidation sites excluding steroid dienone is 2. The Morgan fingerprint density at radius 1 is 1.07 bits per heavy atom. The SMILES string of the molecule is C/C=C(/C)C(=O)c1cc(C)c(C)cc1C. The predicted octanol–water partition coefficient (Wildman–Crippen LogP) is 3.76. The summed E-state index contributed by atoms with van der Waals surface area (Å²) in [7, 11) is 0. The van der Waals surface area contributed by atoms with Crippen LogP contribution >= 0.6 is 0 Å². The number of hydrogen-bond donors (Lipinski definition) is 0. The molecule has 0 aliphatic carbocycles. The lowest BCUT2D eigenvalue weighted by Crippen LogP contribution is -2.04. The van der Waals surface area contributed by atoms with E-state index in [4.69, 9.17) is 0 Å². The fraction of sp³-hybridized carbons (Fsp3) is 0.357. The highest BCUT2D eigenvalue weighted by Crippen LogP contribution is 2.18. The van der Waals surface area contributed by atoms with E-state index in [1.807, 2.05) is 39.8 Å². The molecular weight excluding hydrogens is 184 g/mol. The molecule has 0 aliphatic rings. The molecule has 15 heavy (non-hydrogen) atoms. The first-order valence-electron chi connectivity index (χ1n) is 5.22. The summed E-state index contributed by atoms with van der Waals surface area (Å²) in [6.45, 7) is 9.85. The van der Waals surface area contributed by atoms with Gasteiger partial charge in [-0.2, -0.15) is 0 Å². The van der Waals surface area contributed by atoms with Gasteiger partial charge in [-0.15, -0.1) is 0 Å². The fourth-order valence-corrected chi connectivity index (χ4v) is 1.55. The van der Waals surface area contributed by atoms with Gasteiger partial charge in [0.05, 0.1) is 0 Å². The second-order valence-corrected chi connectivity index (χ2v) is 4.05. The van der Waals surface area contributed by atoms with Crippen LogP contribution in [0.2, 0.25) is 0 Å². The summed E-state index contributed by atoms with van der Waals surface area (Å²) in [4.78, 5) is 12.0. The molecule has 0 N–H and O–H groups in total. The van der Waals surface area contributed by atoms with Gasteiger partial charge in [0.1, 0.15) is 0 Å². The van der Waals surface area contributed by atoms with Crippen molar-refractivity contribution in [3.8, 4) is 0 Å². The average molecular weight is 202 g/mol. The van der Waals surface area contributed by atoms with Crippen LogP contribution in [0.3, 0.4) is 0 Å². The van der Waals surface area contributed by atoms with Crippen molar-refractivity contribution >= 4 is 5.78 Å². The molecule has 1 rings (SSSR count). The van der Waals surface area contributed by atoms with Gasteiger partial charge in [-0.05, 0) is 62.9 Å². The average Bonchev–Trinajstić information content (AvgIpc) is 2.21. The number of carbonyl (C=O) groups excluding carboxylic acids is 1. The zero-order valence-electron chi connectivity index (χ0n) is 10.1. The largest absolute Gasteiger partial charge is 0.289 e. The molecule has 0 atom stereocenters. The number of hydrogen-bond acceptors (Lipinski definition) is 1. The van der Waals surface area contributed by atoms with Crippen molar-refractivity contribution in [3.63, 3.8) is 0 Å². The maximum absolute atomic E-state index is 12.0. The number of rotatable bonds is 2. The molecule has 0 bridgehead atoms. The molecule has 0 fully saturated rings. The molecule has 0 spiro atoms. The van der Waals surface area contributed by atoms with Crippen molar-refractivity contribution in [2.45, 2.75) is 34.6 Å². The third-order valence-electron chi connectivity index (χ3n) is 2.88. The standard InChI is InChI=1S/C14H18O/c1-6-9(2)14(15)13-8-11(4)10(3)7-12(13)5/h6-8H,1-5H3/b9-6-. The zero-order valence-corrected chi connectivity index (χ0v) is 10.1. The van der Waals surface area contributed by atoms with Crippen LogP contribution in [0.4, 0.5) is 0 Å². The Morgan fingerprint density at radius 2 is 1.60 bits per heavy atom. The first kappa shape index (κ1) is 11.7. The van der Waals surface area contributed by atoms with Crippen LogP contribution in [-0.4, -0.2) is 5.78 Å². The highest BCUT2D eigenvalue weighted by molar-refractivity contribution is 6.09. The lowest BCUT2D eigenvalue weighted by atomic mass is 9.95. The monoisotopic (exact) mass is 202 g/mol. The summed E-state index contributed by atoms with van der Waals surface area (Å²) < 4.78 is 0. The topological polar surface area (TPSA) is 17.1 Å². The quantitative estimate of drug-likeness (QED) is 0.527. The van der Waals surface area contributed by atoms with Gasteiger partial charge in [0.25, 0.3) is 0 Å². The smallest absolute Gasteiger partial charge is 0.188 e. The van der Waals surface area contributed by atoms with Crippen molar-refractivity contribution < 1.29 is 4.79 Å². The summed E-state index contributed by atoms with van der Waals surface area (Å²) in [6.07, 6.45) is 1.86. The lowest BCUT2D eigenvalue weighted by molar-refractivity contribution is 0.103. The zero-order chi connectivity index (χ0) is 11.6. The van der Waals surface area contributed by atoms with Crippen LogP contribution in [0.1, 0.15) is 40.9 Å². The molecular formula is C14H18O. The maximum Gasteiger partial charge on any atom is 0.188 e. The Kier molecular flexibility index (Phi) is 3.46. The Labute approximate surface area is 91.8 Å². The summed E-state index contributed by atoms with van der Waals surface area (Å²) in [5.74, 6) is 0.137. The number of benzene rings is 1. The Hall–Kier alpha value is -1.37. The van der Waals surface area contributed by atoms with Crippen molar-refractivity contribution in [2.24, 2.45) is 0 Å². The molecule has 1 aromatic rings. The second kappa shape index (κ2) is 4.43. The van der Waals surface area contributed by atoms with Crippen LogP contribution in [0.15, 0.2) is 23.8 Å². The van der Waals surface area contributed by atoms with E-state index in [2.05, 4.69) is 13.0 Å². The van der Waals surface area contributed by atoms with Crippen molar-refractivity contribution in [1.82, 2.24) is 0 Å². The van der Waals surface area contributed by atoms with Gasteiger partial charge in [0.15, 0.2) is 5.78 Å². The number of aryl methyl sites for hydroxylation is 3. The van der Waals surface area contributed by atoms with Crippen molar-refractivity contribution in [1.29, 1.82) is 0 Å². The van der Waals surface area contributed by atoms with E-state index < -0.39 is 0 Å². The Bertz CT molecular complexity index is 425. The molecule has 0 aliphatic heterocycles. The van der Waals surface area contributed by atoms with Crippen LogP contribution in [0.25, 0.3) is 0 Å². The van der Waals surface area contributed by atoms with Gasteiger partial charge in [0, 0.05) is 5.56 Å². The highest BCUT2D eigenvalue weighted by Gasteiger charge is 2.11. The van der Waals surface area contributed by atoms with Crippen LogP contribution < -0.4 is 0 Å². The summed E-state index contributed by atoms with van der Waals surface area (Å²) in [6, 6.07) is 4.06. The lowest BCUT2D eigenvalue weighted by Gasteiger charge is -2.08. The second-order valence-electron chi connectivity index (χ2n) is 4.05. The van der Waals surface area contributed by atoms with Gasteiger partial charge in [-0.1, -0.05) is 12.1 Å². The van der Waals surface area contributed by atoms with Crippen molar-refractivity contribution in [3.05, 3.63) is 46.0 Å². The molecule has 0 aromatic heterocycles. The van der Waals surface area contributed by atoms with E-state index in [-0.39, 0.29) is 5.78 Å². The predicted molar refractivity (Wildman–Crippen MR) is 64.4 cm³/mol. The third-order valence-corrected chi connectivity index (χ3v) is 2.88. The minimum absolute atomic E-state index is 0.137. The Balaban J connectivity index is 3.27. The molecule has 0 unspecified atom stereocenters. The minimum Gasteiger partial charge on any atom is -0.289 e. The molecule has 0 amide bonds. The van der Waals surface area contributed by atoms with Gasteiger partial charge in [-0.25, -0.2) is 0 Å². The first-order valence-corrected chi connectivity index (χ1v) is 5.22. The number of carbonyl (C=O) groups is 1. The van der Waals surface area contributed by atoms with Crippen LogP contribution in [0, 0.1) is 20.8 Å². The van der Waals surface area contributed by atoms with Gasteiger partial charge in [-0.3, -0.25) is 4.79 Å². The van der Waals surface area contributed by atoms with E-state index in [0.717, 1.165) is 16.7 Å². The molecule has 1 nitrogen and oxygen atoms in total. The third kappa shape index (κ3) is 2.35. The Morgan fingerprint density at radius 3 is 2.13 bits per heavy atom. The van der Waals surface area contributed by atoms with Crippen LogP contribution in [0.5, 0.6) is 0 Å². The van der Waals surface area contributed by atoms with E-state index >= 15 is 0 Å². The molecule has 0 heterocycles. The molecule has 1 heteroatoms. The molecule has 0 saturated heterocycles. The van der Waals surface area contributed by atoms with Gasteiger partial charge >= 0.3 is 0 Å². The van der Waals surface area contributed by atoms with Crippen molar-refractivity contribution in [2.75, 3.05) is 0 Å². The van der Waals surface area contributed by atoms with E-state index in [1.165, 1.54) is 11.1 Å². The molecule has 0 radical (unpaired) electrons. The summed E-state index contributed by atoms with van der Waals surface area (Å²) in [5.41, 5.74) is 5.11. The van der Waals surface area contributed by atoms with E-state index in [9.17, 15) is 4.79 Å². The minimum atomic E-state index is 0.137. The van der Waals surface area contributed by atoms with E-state index in [1.54, 1.807) is 0 Å². The normalized spacial score (nSPS) is 11.7. The van der Waals surface area contributed by atoms with Crippen LogP contribution in [-0.2, 0) is 0 Å². The molecule has 80 valence electrons. The van der Waals surface area contributed by atoms with E-state index in [0.29, 0.717) is 0 Å². The summed E-state index contributed by atoms with van der Waals surface area (Å²) in [5, 5.41) is 0.